The lowest BCUT2D eigenvalue weighted by molar-refractivity contribution is 0.243. The molecule has 7 heteroatoms. The van der Waals surface area contributed by atoms with Crippen LogP contribution >= 0.6 is 31.9 Å². The Kier molecular flexibility index (Phi) is 7.58. The summed E-state index contributed by atoms with van der Waals surface area (Å²) < 4.78 is 3.76. The molecule has 37 heavy (non-hydrogen) atoms. The maximum absolute atomic E-state index is 11.4. The molecule has 1 aromatic heterocycles. The zero-order valence-electron chi connectivity index (χ0n) is 20.8. The van der Waals surface area contributed by atoms with Crippen LogP contribution in [0.3, 0.4) is 0 Å². The van der Waals surface area contributed by atoms with Gasteiger partial charge in [0.15, 0.2) is 0 Å². The first kappa shape index (κ1) is 25.8. The third-order valence-corrected chi connectivity index (χ3v) is 7.83. The molecule has 0 spiro atoms. The van der Waals surface area contributed by atoms with Crippen LogP contribution in [-0.2, 0) is 13.1 Å². The molecule has 5 nitrogen and oxygen atoms in total. The summed E-state index contributed by atoms with van der Waals surface area (Å²) in [5, 5.41) is 24.1. The van der Waals surface area contributed by atoms with Crippen molar-refractivity contribution in [3.8, 4) is 17.2 Å². The van der Waals surface area contributed by atoms with E-state index in [1.807, 2.05) is 49.5 Å². The van der Waals surface area contributed by atoms with Crippen molar-refractivity contribution in [3.63, 3.8) is 0 Å². The fraction of sp³-hybridized carbons (Fsp3) is 0.200. The Morgan fingerprint density at radius 2 is 1.24 bits per heavy atom. The van der Waals surface area contributed by atoms with Crippen molar-refractivity contribution in [3.05, 3.63) is 98.9 Å². The highest BCUT2D eigenvalue weighted by molar-refractivity contribution is 9.11. The van der Waals surface area contributed by atoms with Crippen LogP contribution in [0.2, 0.25) is 0 Å². The lowest BCUT2D eigenvalue weighted by atomic mass is 10.1. The maximum Gasteiger partial charge on any atom is 0.144 e. The number of aromatic nitrogens is 1. The largest absolute Gasteiger partial charge is 0.506 e. The van der Waals surface area contributed by atoms with Gasteiger partial charge in [-0.05, 0) is 60.4 Å². The van der Waals surface area contributed by atoms with E-state index in [-0.39, 0.29) is 5.75 Å². The predicted molar refractivity (Wildman–Crippen MR) is 159 cm³/mol. The second-order valence-electron chi connectivity index (χ2n) is 9.53. The molecule has 4 aromatic carbocycles. The average Bonchev–Trinajstić information content (AvgIpc) is 3.21. The van der Waals surface area contributed by atoms with E-state index in [9.17, 15) is 10.2 Å². The van der Waals surface area contributed by atoms with Gasteiger partial charge in [-0.3, -0.25) is 0 Å². The Morgan fingerprint density at radius 3 is 1.86 bits per heavy atom. The van der Waals surface area contributed by atoms with Gasteiger partial charge >= 0.3 is 0 Å². The molecule has 2 N–H and O–H groups in total. The summed E-state index contributed by atoms with van der Waals surface area (Å²) in [6, 6.07) is 26.4. The molecule has 5 rings (SSSR count). The standard InChI is InChI=1S/C30H29Br2N3O2/c1-33(14-15-34(2)19-21-16-22(31)17-25(32)29(21)36)18-20-8-7-13-28(30(20)37)35-26-11-5-3-9-23(26)24-10-4-6-12-27(24)35/h3-13,16-17,36-37H,14-15,18-19H2,1-2H3. The van der Waals surface area contributed by atoms with Crippen LogP contribution in [-0.4, -0.2) is 51.8 Å². The van der Waals surface area contributed by atoms with Crippen molar-refractivity contribution in [2.75, 3.05) is 27.2 Å². The molecule has 0 radical (unpaired) electrons. The molecule has 0 atom stereocenters. The van der Waals surface area contributed by atoms with Crippen LogP contribution in [0, 0.1) is 0 Å². The summed E-state index contributed by atoms with van der Waals surface area (Å²) in [5.74, 6) is 0.577. The molecule has 0 bridgehead atoms. The van der Waals surface area contributed by atoms with E-state index < -0.39 is 0 Å². The van der Waals surface area contributed by atoms with E-state index in [0.29, 0.717) is 23.3 Å². The number of aromatic hydroxyl groups is 2. The van der Waals surface area contributed by atoms with E-state index in [1.165, 1.54) is 10.8 Å². The molecular formula is C30H29Br2N3O2. The van der Waals surface area contributed by atoms with Crippen LogP contribution < -0.4 is 0 Å². The minimum absolute atomic E-state index is 0.273. The summed E-state index contributed by atoms with van der Waals surface area (Å²) in [6.45, 7) is 2.88. The number of rotatable bonds is 8. The van der Waals surface area contributed by atoms with Gasteiger partial charge in [-0.25, -0.2) is 0 Å². The maximum atomic E-state index is 11.4. The molecule has 0 saturated carbocycles. The summed E-state index contributed by atoms with van der Waals surface area (Å²) >= 11 is 6.90. The number of fused-ring (bicyclic) bond motifs is 3. The number of para-hydroxylation sites is 3. The van der Waals surface area contributed by atoms with Gasteiger partial charge in [0, 0.05) is 52.6 Å². The first-order chi connectivity index (χ1) is 17.8. The minimum Gasteiger partial charge on any atom is -0.506 e. The number of halogens is 2. The highest BCUT2D eigenvalue weighted by Crippen LogP contribution is 2.36. The van der Waals surface area contributed by atoms with Crippen LogP contribution in [0.25, 0.3) is 27.5 Å². The monoisotopic (exact) mass is 621 g/mol. The first-order valence-corrected chi connectivity index (χ1v) is 13.8. The number of hydrogen-bond donors (Lipinski definition) is 2. The van der Waals surface area contributed by atoms with E-state index >= 15 is 0 Å². The van der Waals surface area contributed by atoms with E-state index in [1.54, 1.807) is 0 Å². The lowest BCUT2D eigenvalue weighted by Gasteiger charge is -2.23. The van der Waals surface area contributed by atoms with Gasteiger partial charge in [-0.2, -0.15) is 0 Å². The topological polar surface area (TPSA) is 51.9 Å². The Labute approximate surface area is 233 Å². The van der Waals surface area contributed by atoms with Crippen LogP contribution in [0.15, 0.2) is 87.8 Å². The molecule has 0 fully saturated rings. The Bertz CT molecular complexity index is 1530. The van der Waals surface area contributed by atoms with Gasteiger partial charge in [0.2, 0.25) is 0 Å². The normalized spacial score (nSPS) is 11.8. The summed E-state index contributed by atoms with van der Waals surface area (Å²) in [5.41, 5.74) is 4.69. The lowest BCUT2D eigenvalue weighted by Crippen LogP contribution is -2.30. The number of likely N-dealkylation sites (N-methyl/N-ethyl adjacent to an activating group) is 2. The van der Waals surface area contributed by atoms with Gasteiger partial charge in [0.1, 0.15) is 11.5 Å². The third-order valence-electron chi connectivity index (χ3n) is 6.77. The number of nitrogens with zero attached hydrogens (tertiary/aromatic N) is 3. The van der Waals surface area contributed by atoms with Gasteiger partial charge < -0.3 is 24.6 Å². The number of phenols is 2. The summed E-state index contributed by atoms with van der Waals surface area (Å²) in [4.78, 5) is 4.39. The molecule has 190 valence electrons. The van der Waals surface area contributed by atoms with E-state index in [4.69, 9.17) is 0 Å². The number of phenolic OH excluding ortho intramolecular Hbond substituents is 2. The molecular weight excluding hydrogens is 594 g/mol. The van der Waals surface area contributed by atoms with Crippen molar-refractivity contribution < 1.29 is 10.2 Å². The van der Waals surface area contributed by atoms with Crippen molar-refractivity contribution in [2.45, 2.75) is 13.1 Å². The fourth-order valence-corrected chi connectivity index (χ4v) is 6.20. The average molecular weight is 623 g/mol. The number of benzene rings is 4. The Morgan fingerprint density at radius 1 is 0.676 bits per heavy atom. The predicted octanol–water partition coefficient (Wildman–Crippen LogP) is 7.28. The van der Waals surface area contributed by atoms with Gasteiger partial charge in [-0.1, -0.05) is 64.5 Å². The third kappa shape index (κ3) is 5.27. The zero-order chi connectivity index (χ0) is 26.1. The highest BCUT2D eigenvalue weighted by atomic mass is 79.9. The van der Waals surface area contributed by atoms with Crippen molar-refractivity contribution in [1.29, 1.82) is 0 Å². The van der Waals surface area contributed by atoms with Gasteiger partial charge in [0.05, 0.1) is 21.2 Å². The second kappa shape index (κ2) is 10.9. The molecule has 0 saturated heterocycles. The fourth-order valence-electron chi connectivity index (χ4n) is 4.89. The smallest absolute Gasteiger partial charge is 0.144 e. The molecule has 1 heterocycles. The second-order valence-corrected chi connectivity index (χ2v) is 11.3. The Hall–Kier alpha value is -2.84. The summed E-state index contributed by atoms with van der Waals surface area (Å²) in [7, 11) is 4.11. The van der Waals surface area contributed by atoms with Crippen LogP contribution in [0.1, 0.15) is 11.1 Å². The van der Waals surface area contributed by atoms with Crippen molar-refractivity contribution in [1.82, 2.24) is 14.4 Å². The quantitative estimate of drug-likeness (QED) is 0.191. The molecule has 0 aliphatic carbocycles. The first-order valence-electron chi connectivity index (χ1n) is 12.2. The number of hydrogen-bond acceptors (Lipinski definition) is 4. The van der Waals surface area contributed by atoms with Gasteiger partial charge in [0.25, 0.3) is 0 Å². The SMILES string of the molecule is CN(CCN(C)Cc1cccc(-n2c3ccccc3c3ccccc32)c1O)Cc1cc(Br)cc(Br)c1O. The molecule has 5 aromatic rings. The summed E-state index contributed by atoms with van der Waals surface area (Å²) in [6.07, 6.45) is 0. The van der Waals surface area contributed by atoms with Crippen LogP contribution in [0.4, 0.5) is 0 Å². The Balaban J connectivity index is 1.33. The molecule has 0 aliphatic rings. The zero-order valence-corrected chi connectivity index (χ0v) is 24.0. The highest BCUT2D eigenvalue weighted by Gasteiger charge is 2.17. The van der Waals surface area contributed by atoms with Crippen molar-refractivity contribution >= 4 is 53.7 Å². The minimum atomic E-state index is 0.273. The molecule has 0 amide bonds. The molecule has 0 unspecified atom stereocenters. The van der Waals surface area contributed by atoms with Crippen LogP contribution in [0.5, 0.6) is 11.5 Å². The van der Waals surface area contributed by atoms with E-state index in [0.717, 1.165) is 45.4 Å². The van der Waals surface area contributed by atoms with Crippen molar-refractivity contribution in [2.24, 2.45) is 0 Å². The van der Waals surface area contributed by atoms with Gasteiger partial charge in [-0.15, -0.1) is 0 Å². The van der Waals surface area contributed by atoms with E-state index in [2.05, 4.69) is 89.7 Å². The molecule has 0 aliphatic heterocycles.